The minimum Gasteiger partial charge on any atom is -0.397 e. The fraction of sp³-hybridized carbons (Fsp3) is 0.538. The van der Waals surface area contributed by atoms with E-state index in [2.05, 4.69) is 29.8 Å². The quantitative estimate of drug-likeness (QED) is 0.846. The van der Waals surface area contributed by atoms with Crippen molar-refractivity contribution in [3.8, 4) is 6.07 Å². The summed E-state index contributed by atoms with van der Waals surface area (Å²) in [6.07, 6.45) is 2.20. The largest absolute Gasteiger partial charge is 0.397 e. The van der Waals surface area contributed by atoms with Gasteiger partial charge in [0.1, 0.15) is 5.82 Å². The molecule has 1 aromatic heterocycles. The number of anilines is 2. The normalized spacial score (nSPS) is 10.3. The molecule has 0 aliphatic carbocycles. The summed E-state index contributed by atoms with van der Waals surface area (Å²) in [5.41, 5.74) is 7.49. The molecule has 0 saturated carbocycles. The van der Waals surface area contributed by atoms with Crippen LogP contribution in [0, 0.1) is 24.2 Å². The van der Waals surface area contributed by atoms with Gasteiger partial charge in [-0.25, -0.2) is 4.98 Å². The molecule has 0 fully saturated rings. The van der Waals surface area contributed by atoms with Gasteiger partial charge >= 0.3 is 0 Å². The predicted octanol–water partition coefficient (Wildman–Crippen LogP) is 2.35. The van der Waals surface area contributed by atoms with Crippen molar-refractivity contribution in [3.63, 3.8) is 0 Å². The first-order chi connectivity index (χ1) is 8.04. The first-order valence-corrected chi connectivity index (χ1v) is 5.88. The van der Waals surface area contributed by atoms with Crippen molar-refractivity contribution >= 4 is 11.5 Å². The van der Waals surface area contributed by atoms with E-state index < -0.39 is 0 Å². The number of nitrogens with two attached hydrogens (primary N) is 1. The van der Waals surface area contributed by atoms with E-state index in [1.807, 2.05) is 13.0 Å². The van der Waals surface area contributed by atoms with Crippen LogP contribution in [-0.4, -0.2) is 18.1 Å². The zero-order valence-electron chi connectivity index (χ0n) is 10.8. The van der Waals surface area contributed by atoms with E-state index in [4.69, 9.17) is 11.0 Å². The van der Waals surface area contributed by atoms with E-state index in [1.165, 1.54) is 0 Å². The van der Waals surface area contributed by atoms with Gasteiger partial charge in [0.2, 0.25) is 0 Å². The van der Waals surface area contributed by atoms with Crippen molar-refractivity contribution in [2.75, 3.05) is 23.7 Å². The van der Waals surface area contributed by atoms with Crippen molar-refractivity contribution in [1.29, 1.82) is 5.26 Å². The van der Waals surface area contributed by atoms with Gasteiger partial charge in [0.15, 0.2) is 0 Å². The Kier molecular flexibility index (Phi) is 4.77. The van der Waals surface area contributed by atoms with Crippen LogP contribution in [0.5, 0.6) is 0 Å². The van der Waals surface area contributed by atoms with E-state index in [1.54, 1.807) is 6.20 Å². The number of aryl methyl sites for hydroxylation is 1. The lowest BCUT2D eigenvalue weighted by Crippen LogP contribution is -2.29. The summed E-state index contributed by atoms with van der Waals surface area (Å²) in [6.45, 7) is 7.90. The van der Waals surface area contributed by atoms with Crippen molar-refractivity contribution in [3.05, 3.63) is 17.8 Å². The minimum atomic E-state index is 0.512. The number of pyridine rings is 1. The second-order valence-corrected chi connectivity index (χ2v) is 4.65. The third-order valence-corrected chi connectivity index (χ3v) is 2.54. The number of hydrogen-bond acceptors (Lipinski definition) is 4. The summed E-state index contributed by atoms with van der Waals surface area (Å²) in [5.74, 6) is 1.44. The molecule has 2 N–H and O–H groups in total. The second-order valence-electron chi connectivity index (χ2n) is 4.65. The number of nitrogens with zero attached hydrogens (tertiary/aromatic N) is 3. The van der Waals surface area contributed by atoms with Crippen LogP contribution in [-0.2, 0) is 0 Å². The number of nitriles is 1. The average Bonchev–Trinajstić information content (AvgIpc) is 2.27. The molecule has 4 nitrogen and oxygen atoms in total. The van der Waals surface area contributed by atoms with Crippen molar-refractivity contribution in [1.82, 2.24) is 4.98 Å². The maximum absolute atomic E-state index is 8.68. The molecular weight excluding hydrogens is 212 g/mol. The molecule has 92 valence electrons. The molecule has 0 atom stereocenters. The number of hydrogen-bond donors (Lipinski definition) is 1. The third kappa shape index (κ3) is 3.95. The first-order valence-electron chi connectivity index (χ1n) is 5.88. The molecule has 0 spiro atoms. The van der Waals surface area contributed by atoms with Crippen LogP contribution in [0.3, 0.4) is 0 Å². The highest BCUT2D eigenvalue weighted by molar-refractivity contribution is 5.52. The smallest absolute Gasteiger partial charge is 0.128 e. The van der Waals surface area contributed by atoms with E-state index in [0.29, 0.717) is 24.6 Å². The van der Waals surface area contributed by atoms with E-state index >= 15 is 0 Å². The van der Waals surface area contributed by atoms with Crippen LogP contribution < -0.4 is 10.6 Å². The van der Waals surface area contributed by atoms with Gasteiger partial charge in [-0.05, 0) is 24.5 Å². The van der Waals surface area contributed by atoms with Gasteiger partial charge in [-0.3, -0.25) is 0 Å². The Morgan fingerprint density at radius 1 is 1.53 bits per heavy atom. The Bertz CT molecular complexity index is 406. The molecule has 4 heteroatoms. The average molecular weight is 232 g/mol. The maximum Gasteiger partial charge on any atom is 0.128 e. The predicted molar refractivity (Wildman–Crippen MR) is 70.7 cm³/mol. The molecule has 0 aliphatic rings. The zero-order chi connectivity index (χ0) is 12.8. The van der Waals surface area contributed by atoms with E-state index in [0.717, 1.165) is 17.9 Å². The molecule has 1 heterocycles. The maximum atomic E-state index is 8.68. The Hall–Kier alpha value is -1.76. The van der Waals surface area contributed by atoms with Crippen LogP contribution in [0.4, 0.5) is 11.5 Å². The highest BCUT2D eigenvalue weighted by Crippen LogP contribution is 2.18. The molecule has 0 aliphatic heterocycles. The van der Waals surface area contributed by atoms with Crippen molar-refractivity contribution < 1.29 is 0 Å². The fourth-order valence-corrected chi connectivity index (χ4v) is 1.65. The second kappa shape index (κ2) is 6.09. The number of nitrogen functional groups attached to an aromatic ring is 1. The number of rotatable bonds is 5. The number of aromatic nitrogens is 1. The summed E-state index contributed by atoms with van der Waals surface area (Å²) in [7, 11) is 0. The van der Waals surface area contributed by atoms with Crippen LogP contribution in [0.25, 0.3) is 0 Å². The van der Waals surface area contributed by atoms with Gasteiger partial charge < -0.3 is 10.6 Å². The molecule has 0 aromatic carbocycles. The van der Waals surface area contributed by atoms with Crippen LogP contribution in [0.1, 0.15) is 25.8 Å². The summed E-state index contributed by atoms with van der Waals surface area (Å²) in [4.78, 5) is 6.48. The fourth-order valence-electron chi connectivity index (χ4n) is 1.65. The topological polar surface area (TPSA) is 65.9 Å². The lowest BCUT2D eigenvalue weighted by atomic mass is 10.2. The zero-order valence-corrected chi connectivity index (χ0v) is 10.8. The highest BCUT2D eigenvalue weighted by Gasteiger charge is 2.10. The van der Waals surface area contributed by atoms with Gasteiger partial charge in [-0.1, -0.05) is 13.8 Å². The van der Waals surface area contributed by atoms with Gasteiger partial charge in [0.25, 0.3) is 0 Å². The van der Waals surface area contributed by atoms with E-state index in [-0.39, 0.29) is 0 Å². The van der Waals surface area contributed by atoms with Crippen LogP contribution in [0.15, 0.2) is 12.3 Å². The Balaban J connectivity index is 2.87. The lowest BCUT2D eigenvalue weighted by Gasteiger charge is -2.25. The molecule has 0 amide bonds. The van der Waals surface area contributed by atoms with Crippen molar-refractivity contribution in [2.24, 2.45) is 5.92 Å². The molecule has 17 heavy (non-hydrogen) atoms. The third-order valence-electron chi connectivity index (χ3n) is 2.54. The Morgan fingerprint density at radius 2 is 2.24 bits per heavy atom. The highest BCUT2D eigenvalue weighted by atomic mass is 15.2. The Morgan fingerprint density at radius 3 is 2.76 bits per heavy atom. The van der Waals surface area contributed by atoms with Crippen molar-refractivity contribution in [2.45, 2.75) is 27.2 Å². The summed E-state index contributed by atoms with van der Waals surface area (Å²) < 4.78 is 0. The first kappa shape index (κ1) is 13.3. The van der Waals surface area contributed by atoms with E-state index in [9.17, 15) is 0 Å². The van der Waals surface area contributed by atoms with Gasteiger partial charge in [-0.15, -0.1) is 0 Å². The monoisotopic (exact) mass is 232 g/mol. The van der Waals surface area contributed by atoms with Gasteiger partial charge in [0.05, 0.1) is 24.4 Å². The van der Waals surface area contributed by atoms with Gasteiger partial charge in [0, 0.05) is 13.1 Å². The molecule has 0 bridgehead atoms. The van der Waals surface area contributed by atoms with Crippen LogP contribution in [0.2, 0.25) is 0 Å². The summed E-state index contributed by atoms with van der Waals surface area (Å²) >= 11 is 0. The summed E-state index contributed by atoms with van der Waals surface area (Å²) in [5, 5.41) is 8.68. The minimum absolute atomic E-state index is 0.512. The molecule has 0 radical (unpaired) electrons. The van der Waals surface area contributed by atoms with Gasteiger partial charge in [-0.2, -0.15) is 5.26 Å². The molecule has 0 unspecified atom stereocenters. The molecule has 1 aromatic rings. The summed E-state index contributed by atoms with van der Waals surface area (Å²) in [6, 6.07) is 4.15. The molecule has 0 saturated heterocycles. The molecular formula is C13H20N4. The molecule has 1 rings (SSSR count). The standard InChI is InChI=1S/C13H20N4/c1-10(2)9-17(6-4-5-14)13-7-11(3)12(15)8-16-13/h7-8,10H,4,6,9,15H2,1-3H3. The van der Waals surface area contributed by atoms with Crippen LogP contribution >= 0.6 is 0 Å². The lowest BCUT2D eigenvalue weighted by molar-refractivity contribution is 0.607. The Labute approximate surface area is 103 Å². The SMILES string of the molecule is Cc1cc(N(CCC#N)CC(C)C)ncc1N.